The summed E-state index contributed by atoms with van der Waals surface area (Å²) in [5, 5.41) is 10.8. The zero-order valence-electron chi connectivity index (χ0n) is 7.82. The van der Waals surface area contributed by atoms with Crippen molar-refractivity contribution >= 4 is 28.8 Å². The number of carbonyl (C=O) groups is 1. The molecule has 14 heavy (non-hydrogen) atoms. The van der Waals surface area contributed by atoms with Crippen molar-refractivity contribution in [3.05, 3.63) is 21.3 Å². The van der Waals surface area contributed by atoms with E-state index in [2.05, 4.69) is 0 Å². The summed E-state index contributed by atoms with van der Waals surface area (Å²) in [5.41, 5.74) is 0. The predicted octanol–water partition coefficient (Wildman–Crippen LogP) is 2.39. The van der Waals surface area contributed by atoms with E-state index in [-0.39, 0.29) is 5.91 Å². The SMILES string of the molecule is CC(C#N)N(C)C(=O)c1sccc1Cl. The van der Waals surface area contributed by atoms with Crippen molar-refractivity contribution in [3.63, 3.8) is 0 Å². The summed E-state index contributed by atoms with van der Waals surface area (Å²) in [4.78, 5) is 13.6. The average molecular weight is 229 g/mol. The molecule has 0 aliphatic carbocycles. The Balaban J connectivity index is 2.87. The lowest BCUT2D eigenvalue weighted by atomic mass is 10.3. The molecule has 0 fully saturated rings. The molecule has 5 heteroatoms. The average Bonchev–Trinajstić information content (AvgIpc) is 2.61. The number of nitriles is 1. The lowest BCUT2D eigenvalue weighted by Crippen LogP contribution is -2.33. The van der Waals surface area contributed by atoms with Crippen LogP contribution in [0.3, 0.4) is 0 Å². The molecule has 0 aromatic carbocycles. The number of hydrogen-bond donors (Lipinski definition) is 0. The normalized spacial score (nSPS) is 11.9. The third-order valence-corrected chi connectivity index (χ3v) is 3.23. The van der Waals surface area contributed by atoms with Gasteiger partial charge in [0.25, 0.3) is 5.91 Å². The molecule has 0 aliphatic heterocycles. The van der Waals surface area contributed by atoms with Gasteiger partial charge in [0.1, 0.15) is 10.9 Å². The van der Waals surface area contributed by atoms with E-state index in [1.807, 2.05) is 6.07 Å². The Morgan fingerprint density at radius 3 is 2.86 bits per heavy atom. The van der Waals surface area contributed by atoms with Crippen LogP contribution >= 0.6 is 22.9 Å². The number of nitrogens with zero attached hydrogens (tertiary/aromatic N) is 2. The molecule has 0 bridgehead atoms. The van der Waals surface area contributed by atoms with Gasteiger partial charge in [0.15, 0.2) is 0 Å². The molecule has 1 aromatic rings. The molecule has 1 atom stereocenters. The number of halogens is 1. The smallest absolute Gasteiger partial charge is 0.266 e. The second-order valence-corrected chi connectivity index (χ2v) is 4.14. The standard InChI is InChI=1S/C9H9ClN2OS/c1-6(5-11)12(2)9(13)8-7(10)3-4-14-8/h3-4,6H,1-2H3. The van der Waals surface area contributed by atoms with Crippen LogP contribution < -0.4 is 0 Å². The molecular weight excluding hydrogens is 220 g/mol. The number of thiophene rings is 1. The predicted molar refractivity (Wildman–Crippen MR) is 56.5 cm³/mol. The molecule has 0 spiro atoms. The van der Waals surface area contributed by atoms with Crippen molar-refractivity contribution in [1.29, 1.82) is 5.26 Å². The molecule has 1 rings (SSSR count). The van der Waals surface area contributed by atoms with Gasteiger partial charge in [-0.3, -0.25) is 4.79 Å². The van der Waals surface area contributed by atoms with Crippen molar-refractivity contribution in [2.45, 2.75) is 13.0 Å². The lowest BCUT2D eigenvalue weighted by molar-refractivity contribution is 0.0778. The fraction of sp³-hybridized carbons (Fsp3) is 0.333. The molecule has 1 heterocycles. The Kier molecular flexibility index (Phi) is 3.50. The monoisotopic (exact) mass is 228 g/mol. The number of hydrogen-bond acceptors (Lipinski definition) is 3. The van der Waals surface area contributed by atoms with Crippen molar-refractivity contribution in [2.75, 3.05) is 7.05 Å². The highest BCUT2D eigenvalue weighted by Crippen LogP contribution is 2.23. The van der Waals surface area contributed by atoms with Crippen LogP contribution in [0, 0.1) is 11.3 Å². The molecule has 3 nitrogen and oxygen atoms in total. The minimum absolute atomic E-state index is 0.209. The van der Waals surface area contributed by atoms with E-state index in [0.717, 1.165) is 0 Å². The Hall–Kier alpha value is -1.05. The third kappa shape index (κ3) is 2.06. The number of amides is 1. The van der Waals surface area contributed by atoms with Crippen molar-refractivity contribution < 1.29 is 4.79 Å². The Morgan fingerprint density at radius 2 is 2.43 bits per heavy atom. The summed E-state index contributed by atoms with van der Waals surface area (Å²) in [7, 11) is 1.59. The van der Waals surface area contributed by atoms with Gasteiger partial charge in [0, 0.05) is 7.05 Å². The number of carbonyl (C=O) groups excluding carboxylic acids is 1. The van der Waals surface area contributed by atoms with Crippen molar-refractivity contribution in [2.24, 2.45) is 0 Å². The molecule has 0 aliphatic rings. The minimum atomic E-state index is -0.444. The molecule has 1 amide bonds. The molecule has 0 radical (unpaired) electrons. The van der Waals surface area contributed by atoms with Gasteiger partial charge in [-0.25, -0.2) is 0 Å². The summed E-state index contributed by atoms with van der Waals surface area (Å²) >= 11 is 7.09. The quantitative estimate of drug-likeness (QED) is 0.780. The first kappa shape index (κ1) is 11.0. The first-order valence-electron chi connectivity index (χ1n) is 3.97. The van der Waals surface area contributed by atoms with Crippen molar-refractivity contribution in [3.8, 4) is 6.07 Å². The van der Waals surface area contributed by atoms with E-state index in [1.54, 1.807) is 25.4 Å². The van der Waals surface area contributed by atoms with Gasteiger partial charge in [-0.15, -0.1) is 11.3 Å². The second kappa shape index (κ2) is 4.45. The van der Waals surface area contributed by atoms with E-state index in [1.165, 1.54) is 16.2 Å². The fourth-order valence-corrected chi connectivity index (χ4v) is 1.99. The van der Waals surface area contributed by atoms with Crippen molar-refractivity contribution in [1.82, 2.24) is 4.90 Å². The first-order valence-corrected chi connectivity index (χ1v) is 5.23. The highest BCUT2D eigenvalue weighted by Gasteiger charge is 2.20. The van der Waals surface area contributed by atoms with Crippen LogP contribution in [0.4, 0.5) is 0 Å². The Morgan fingerprint density at radius 1 is 1.79 bits per heavy atom. The molecule has 1 aromatic heterocycles. The molecule has 1 unspecified atom stereocenters. The van der Waals surface area contributed by atoms with Crippen LogP contribution in [0.2, 0.25) is 5.02 Å². The molecule has 0 saturated carbocycles. The minimum Gasteiger partial charge on any atom is -0.325 e. The maximum absolute atomic E-state index is 11.7. The van der Waals surface area contributed by atoms with E-state index in [4.69, 9.17) is 16.9 Å². The molecule has 0 N–H and O–H groups in total. The topological polar surface area (TPSA) is 44.1 Å². The van der Waals surface area contributed by atoms with Gasteiger partial charge in [-0.05, 0) is 18.4 Å². The molecule has 74 valence electrons. The highest BCUT2D eigenvalue weighted by molar-refractivity contribution is 7.12. The molecular formula is C9H9ClN2OS. The third-order valence-electron chi connectivity index (χ3n) is 1.90. The molecule has 0 saturated heterocycles. The van der Waals surface area contributed by atoms with E-state index >= 15 is 0 Å². The number of rotatable bonds is 2. The van der Waals surface area contributed by atoms with Crippen LogP contribution in [0.1, 0.15) is 16.6 Å². The van der Waals surface area contributed by atoms with E-state index in [9.17, 15) is 4.79 Å². The van der Waals surface area contributed by atoms with Crippen LogP contribution in [0.25, 0.3) is 0 Å². The summed E-state index contributed by atoms with van der Waals surface area (Å²) in [6.07, 6.45) is 0. The summed E-state index contributed by atoms with van der Waals surface area (Å²) in [6.45, 7) is 1.67. The largest absolute Gasteiger partial charge is 0.325 e. The van der Waals surface area contributed by atoms with E-state index < -0.39 is 6.04 Å². The van der Waals surface area contributed by atoms with Gasteiger partial charge in [-0.1, -0.05) is 11.6 Å². The zero-order valence-corrected chi connectivity index (χ0v) is 9.39. The summed E-state index contributed by atoms with van der Waals surface area (Å²) in [5.74, 6) is -0.209. The van der Waals surface area contributed by atoms with Gasteiger partial charge in [0.05, 0.1) is 11.1 Å². The van der Waals surface area contributed by atoms with Gasteiger partial charge in [0.2, 0.25) is 0 Å². The van der Waals surface area contributed by atoms with Crippen LogP contribution in [-0.2, 0) is 0 Å². The van der Waals surface area contributed by atoms with Crippen LogP contribution in [0.5, 0.6) is 0 Å². The second-order valence-electron chi connectivity index (χ2n) is 2.82. The first-order chi connectivity index (χ1) is 6.57. The maximum atomic E-state index is 11.7. The summed E-state index contributed by atoms with van der Waals surface area (Å²) < 4.78 is 0. The highest BCUT2D eigenvalue weighted by atomic mass is 35.5. The summed E-state index contributed by atoms with van der Waals surface area (Å²) in [6, 6.07) is 3.22. The van der Waals surface area contributed by atoms with Gasteiger partial charge >= 0.3 is 0 Å². The Labute approximate surface area is 91.5 Å². The maximum Gasteiger partial charge on any atom is 0.266 e. The van der Waals surface area contributed by atoms with Gasteiger partial charge < -0.3 is 4.90 Å². The van der Waals surface area contributed by atoms with Gasteiger partial charge in [-0.2, -0.15) is 5.26 Å². The fourth-order valence-electron chi connectivity index (χ4n) is 0.869. The lowest BCUT2D eigenvalue weighted by Gasteiger charge is -2.18. The Bertz CT molecular complexity index is 382. The zero-order chi connectivity index (χ0) is 10.7. The van der Waals surface area contributed by atoms with E-state index in [0.29, 0.717) is 9.90 Å². The van der Waals surface area contributed by atoms with Crippen LogP contribution in [-0.4, -0.2) is 23.9 Å². The van der Waals surface area contributed by atoms with Crippen LogP contribution in [0.15, 0.2) is 11.4 Å².